The van der Waals surface area contributed by atoms with E-state index in [1.807, 2.05) is 0 Å². The van der Waals surface area contributed by atoms with Crippen LogP contribution < -0.4 is 5.32 Å². The van der Waals surface area contributed by atoms with Gasteiger partial charge in [-0.2, -0.15) is 0 Å². The van der Waals surface area contributed by atoms with E-state index in [9.17, 15) is 0 Å². The molecule has 0 atom stereocenters. The minimum Gasteiger partial charge on any atom is -0.411 e. The van der Waals surface area contributed by atoms with Crippen LogP contribution in [-0.2, 0) is 13.0 Å². The van der Waals surface area contributed by atoms with Gasteiger partial charge < -0.3 is 10.5 Å². The zero-order chi connectivity index (χ0) is 6.97. The molecule has 1 aliphatic rings. The Bertz CT molecular complexity index is 248. The zero-order valence-electron chi connectivity index (χ0n) is 5.95. The number of nitrogens with zero attached hydrogens (tertiary/aromatic N) is 2. The Kier molecular flexibility index (Phi) is 2.51. The summed E-state index contributed by atoms with van der Waals surface area (Å²) in [5.41, 5.74) is 2.05. The fourth-order valence-electron chi connectivity index (χ4n) is 1.24. The first-order valence-corrected chi connectivity index (χ1v) is 3.33. The maximum Gasteiger partial charge on any atom is 0.0856 e. The van der Waals surface area contributed by atoms with E-state index in [2.05, 4.69) is 10.4 Å². The van der Waals surface area contributed by atoms with E-state index < -0.39 is 0 Å². The first kappa shape index (κ1) is 8.55. The number of nitrogens with one attached hydrogen (secondary N) is 1. The Morgan fingerprint density at radius 1 is 1.64 bits per heavy atom. The van der Waals surface area contributed by atoms with Crippen LogP contribution in [0.2, 0.25) is 0 Å². The number of halogens is 1. The number of hydrogen-bond donors (Lipinski definition) is 2. The van der Waals surface area contributed by atoms with Crippen molar-refractivity contribution >= 4 is 17.0 Å². The van der Waals surface area contributed by atoms with Crippen molar-refractivity contribution in [2.75, 3.05) is 6.54 Å². The van der Waals surface area contributed by atoms with E-state index in [1.165, 1.54) is 0 Å². The van der Waals surface area contributed by atoms with E-state index in [-0.39, 0.29) is 17.0 Å². The van der Waals surface area contributed by atoms with Crippen molar-refractivity contribution in [3.05, 3.63) is 17.5 Å². The quantitative estimate of drug-likeness (QED) is 0.620. The van der Waals surface area contributed by atoms with Gasteiger partial charge in [-0.3, -0.25) is 0 Å². The predicted molar refractivity (Wildman–Crippen MR) is 45.1 cm³/mol. The molecule has 62 valence electrons. The molecular formula is C6H10BrN3O. The van der Waals surface area contributed by atoms with Gasteiger partial charge in [-0.15, -0.1) is 26.9 Å². The molecule has 0 bridgehead atoms. The largest absolute Gasteiger partial charge is 0.411 e. The third-order valence-electron chi connectivity index (χ3n) is 1.79. The second kappa shape index (κ2) is 3.23. The van der Waals surface area contributed by atoms with Crippen LogP contribution in [0.25, 0.3) is 0 Å². The fraction of sp³-hybridized carbons (Fsp3) is 0.500. The molecule has 0 saturated heterocycles. The maximum atomic E-state index is 9.07. The highest BCUT2D eigenvalue weighted by Crippen LogP contribution is 2.10. The Morgan fingerprint density at radius 2 is 2.45 bits per heavy atom. The predicted octanol–water partition coefficient (Wildman–Crippen LogP) is 0.344. The Hall–Kier alpha value is -0.550. The summed E-state index contributed by atoms with van der Waals surface area (Å²) >= 11 is 0. The molecule has 0 unspecified atom stereocenters. The normalized spacial score (nSPS) is 15.3. The Balaban J connectivity index is 0.000000605. The van der Waals surface area contributed by atoms with Crippen LogP contribution in [-0.4, -0.2) is 21.7 Å². The van der Waals surface area contributed by atoms with Gasteiger partial charge >= 0.3 is 0 Å². The van der Waals surface area contributed by atoms with E-state index >= 15 is 0 Å². The summed E-state index contributed by atoms with van der Waals surface area (Å²) in [6, 6.07) is 0. The number of rotatable bonds is 0. The van der Waals surface area contributed by atoms with Gasteiger partial charge in [0.2, 0.25) is 0 Å². The second-order valence-corrected chi connectivity index (χ2v) is 2.43. The smallest absolute Gasteiger partial charge is 0.0856 e. The first-order chi connectivity index (χ1) is 4.88. The van der Waals surface area contributed by atoms with Gasteiger partial charge in [-0.25, -0.2) is 0 Å². The van der Waals surface area contributed by atoms with E-state index in [1.54, 1.807) is 6.20 Å². The minimum absolute atomic E-state index is 0. The van der Waals surface area contributed by atoms with Crippen LogP contribution in [0.3, 0.4) is 0 Å². The summed E-state index contributed by atoms with van der Waals surface area (Å²) in [6.07, 6.45) is 2.56. The van der Waals surface area contributed by atoms with Crippen LogP contribution >= 0.6 is 17.0 Å². The summed E-state index contributed by atoms with van der Waals surface area (Å²) in [6.45, 7) is 1.76. The molecule has 2 rings (SSSR count). The molecule has 0 aromatic carbocycles. The molecule has 11 heavy (non-hydrogen) atoms. The monoisotopic (exact) mass is 219 g/mol. The van der Waals surface area contributed by atoms with E-state index in [4.69, 9.17) is 5.21 Å². The van der Waals surface area contributed by atoms with Gasteiger partial charge in [0.05, 0.1) is 11.9 Å². The molecular weight excluding hydrogens is 210 g/mol. The number of hydrogen-bond acceptors (Lipinski definition) is 3. The third-order valence-corrected chi connectivity index (χ3v) is 1.79. The van der Waals surface area contributed by atoms with Crippen molar-refractivity contribution in [1.29, 1.82) is 0 Å². The van der Waals surface area contributed by atoms with Crippen molar-refractivity contribution in [2.24, 2.45) is 0 Å². The molecule has 2 heterocycles. The average Bonchev–Trinajstić information content (AvgIpc) is 2.34. The van der Waals surface area contributed by atoms with Crippen molar-refractivity contribution in [3.8, 4) is 0 Å². The molecule has 4 nitrogen and oxygen atoms in total. The summed E-state index contributed by atoms with van der Waals surface area (Å²) < 4.78 is 0. The summed E-state index contributed by atoms with van der Waals surface area (Å²) in [7, 11) is 0. The number of fused-ring (bicyclic) bond motifs is 1. The molecule has 0 fully saturated rings. The molecule has 0 amide bonds. The minimum atomic E-state index is 0. The molecule has 0 spiro atoms. The average molecular weight is 220 g/mol. The summed E-state index contributed by atoms with van der Waals surface area (Å²) in [5, 5.41) is 16.0. The van der Waals surface area contributed by atoms with Crippen LogP contribution in [0.15, 0.2) is 6.20 Å². The maximum absolute atomic E-state index is 9.07. The van der Waals surface area contributed by atoms with Crippen LogP contribution in [0.4, 0.5) is 0 Å². The van der Waals surface area contributed by atoms with Gasteiger partial charge in [-0.05, 0) is 0 Å². The van der Waals surface area contributed by atoms with Gasteiger partial charge in [0, 0.05) is 25.1 Å². The topological polar surface area (TPSA) is 50.1 Å². The second-order valence-electron chi connectivity index (χ2n) is 2.43. The first-order valence-electron chi connectivity index (χ1n) is 3.33. The highest BCUT2D eigenvalue weighted by Gasteiger charge is 2.13. The molecule has 0 radical (unpaired) electrons. The van der Waals surface area contributed by atoms with Crippen LogP contribution in [0.5, 0.6) is 0 Å². The third kappa shape index (κ3) is 1.39. The molecule has 0 saturated carbocycles. The van der Waals surface area contributed by atoms with Gasteiger partial charge in [0.25, 0.3) is 0 Å². The summed E-state index contributed by atoms with van der Waals surface area (Å²) in [4.78, 5) is 0.968. The van der Waals surface area contributed by atoms with Crippen molar-refractivity contribution in [3.63, 3.8) is 0 Å². The van der Waals surface area contributed by atoms with E-state index in [0.717, 1.165) is 35.6 Å². The lowest BCUT2D eigenvalue weighted by molar-refractivity contribution is 0.138. The van der Waals surface area contributed by atoms with E-state index in [0.29, 0.717) is 0 Å². The highest BCUT2D eigenvalue weighted by molar-refractivity contribution is 8.93. The van der Waals surface area contributed by atoms with Crippen molar-refractivity contribution in [2.45, 2.75) is 13.0 Å². The zero-order valence-corrected chi connectivity index (χ0v) is 7.66. The van der Waals surface area contributed by atoms with Crippen molar-refractivity contribution < 1.29 is 5.21 Å². The Morgan fingerprint density at radius 3 is 3.18 bits per heavy atom. The molecule has 1 aliphatic heterocycles. The summed E-state index contributed by atoms with van der Waals surface area (Å²) in [5.74, 6) is 0. The Labute approximate surface area is 74.9 Å². The van der Waals surface area contributed by atoms with Crippen LogP contribution in [0.1, 0.15) is 11.3 Å². The number of aromatic nitrogens is 2. The lowest BCUT2D eigenvalue weighted by Crippen LogP contribution is -2.24. The van der Waals surface area contributed by atoms with Gasteiger partial charge in [-0.1, -0.05) is 0 Å². The lowest BCUT2D eigenvalue weighted by atomic mass is 10.1. The SMILES string of the molecule is Br.On1ncc2c1CCNC2. The standard InChI is InChI=1S/C6H9N3O.BrH/c10-9-6-1-2-7-3-5(6)4-8-9;/h4,7,10H,1-3H2;1H. The highest BCUT2D eigenvalue weighted by atomic mass is 79.9. The van der Waals surface area contributed by atoms with Crippen LogP contribution in [0, 0.1) is 0 Å². The van der Waals surface area contributed by atoms with Crippen molar-refractivity contribution in [1.82, 2.24) is 15.3 Å². The van der Waals surface area contributed by atoms with Gasteiger partial charge in [0.15, 0.2) is 0 Å². The molecule has 0 aliphatic carbocycles. The fourth-order valence-corrected chi connectivity index (χ4v) is 1.24. The van der Waals surface area contributed by atoms with Gasteiger partial charge in [0.1, 0.15) is 0 Å². The lowest BCUT2D eigenvalue weighted by Gasteiger charge is -2.11. The molecule has 1 aromatic rings. The molecule has 5 heteroatoms. The molecule has 2 N–H and O–H groups in total. The molecule has 1 aromatic heterocycles.